The number of aromatic nitrogens is 4. The third-order valence-corrected chi connectivity index (χ3v) is 3.33. The molecule has 0 amide bonds. The second kappa shape index (κ2) is 5.23. The maximum atomic E-state index is 11.9. The number of hydrogen-bond acceptors (Lipinski definition) is 4. The van der Waals surface area contributed by atoms with E-state index in [1.54, 1.807) is 23.2 Å². The Morgan fingerprint density at radius 2 is 2.19 bits per heavy atom. The van der Waals surface area contributed by atoms with E-state index in [0.29, 0.717) is 17.6 Å². The van der Waals surface area contributed by atoms with Gasteiger partial charge in [-0.2, -0.15) is 0 Å². The highest BCUT2D eigenvalue weighted by Gasteiger charge is 2.11. The summed E-state index contributed by atoms with van der Waals surface area (Å²) >= 11 is 0. The summed E-state index contributed by atoms with van der Waals surface area (Å²) in [4.78, 5) is 28.8. The second-order valence-electron chi connectivity index (χ2n) is 4.69. The van der Waals surface area contributed by atoms with Gasteiger partial charge in [0.2, 0.25) is 0 Å². The molecule has 0 radical (unpaired) electrons. The van der Waals surface area contributed by atoms with Crippen LogP contribution in [0.2, 0.25) is 0 Å². The number of aryl methyl sites for hydroxylation is 2. The van der Waals surface area contributed by atoms with E-state index in [1.807, 2.05) is 10.8 Å². The Morgan fingerprint density at radius 3 is 2.90 bits per heavy atom. The first-order valence-electron chi connectivity index (χ1n) is 6.48. The minimum atomic E-state index is -0.478. The Bertz CT molecular complexity index is 831. The van der Waals surface area contributed by atoms with Gasteiger partial charge in [0.25, 0.3) is 5.69 Å². The first-order valence-corrected chi connectivity index (χ1v) is 6.48. The highest BCUT2D eigenvalue weighted by molar-refractivity contribution is 5.77. The lowest BCUT2D eigenvalue weighted by Crippen LogP contribution is -2.17. The molecule has 0 aliphatic heterocycles. The van der Waals surface area contributed by atoms with Gasteiger partial charge in [0, 0.05) is 37.6 Å². The standard InChI is InChI=1S/C13H13N5O3/c19-13-15-11-8-10(18(20)21)2-3-12(11)17(13)6-1-5-16-7-4-14-9-16/h2-4,7-9H,1,5-6H2,(H,15,19). The fourth-order valence-corrected chi connectivity index (χ4v) is 2.32. The lowest BCUT2D eigenvalue weighted by atomic mass is 10.2. The molecule has 21 heavy (non-hydrogen) atoms. The van der Waals surface area contributed by atoms with Crippen molar-refractivity contribution in [2.24, 2.45) is 0 Å². The Hall–Kier alpha value is -2.90. The minimum absolute atomic E-state index is 0.0330. The molecule has 0 saturated heterocycles. The molecule has 1 N–H and O–H groups in total. The number of H-pyrrole nitrogens is 1. The number of fused-ring (bicyclic) bond motifs is 1. The number of hydrogen-bond donors (Lipinski definition) is 1. The lowest BCUT2D eigenvalue weighted by molar-refractivity contribution is -0.384. The maximum Gasteiger partial charge on any atom is 0.326 e. The molecule has 3 rings (SSSR count). The monoisotopic (exact) mass is 287 g/mol. The quantitative estimate of drug-likeness (QED) is 0.568. The molecule has 2 aromatic heterocycles. The molecule has 108 valence electrons. The molecule has 8 heteroatoms. The Morgan fingerprint density at radius 1 is 1.33 bits per heavy atom. The largest absolute Gasteiger partial charge is 0.337 e. The number of imidazole rings is 2. The summed E-state index contributed by atoms with van der Waals surface area (Å²) in [7, 11) is 0. The Balaban J connectivity index is 1.83. The van der Waals surface area contributed by atoms with E-state index in [4.69, 9.17) is 0 Å². The van der Waals surface area contributed by atoms with Gasteiger partial charge in [-0.25, -0.2) is 9.78 Å². The number of nitro groups is 1. The van der Waals surface area contributed by atoms with E-state index in [-0.39, 0.29) is 11.4 Å². The van der Waals surface area contributed by atoms with Crippen LogP contribution in [0.5, 0.6) is 0 Å². The summed E-state index contributed by atoms with van der Waals surface area (Å²) in [5.74, 6) is 0. The van der Waals surface area contributed by atoms with Crippen LogP contribution >= 0.6 is 0 Å². The smallest absolute Gasteiger partial charge is 0.326 e. The summed E-state index contributed by atoms with van der Waals surface area (Å²) in [6.45, 7) is 1.29. The van der Waals surface area contributed by atoms with Crippen molar-refractivity contribution in [2.75, 3.05) is 0 Å². The van der Waals surface area contributed by atoms with Gasteiger partial charge >= 0.3 is 5.69 Å². The fourth-order valence-electron chi connectivity index (χ4n) is 2.32. The van der Waals surface area contributed by atoms with Crippen molar-refractivity contribution >= 4 is 16.7 Å². The third-order valence-electron chi connectivity index (χ3n) is 3.33. The van der Waals surface area contributed by atoms with E-state index < -0.39 is 4.92 Å². The molecule has 0 fully saturated rings. The van der Waals surface area contributed by atoms with E-state index in [2.05, 4.69) is 9.97 Å². The number of aromatic amines is 1. The average molecular weight is 287 g/mol. The average Bonchev–Trinajstić information content (AvgIpc) is 3.06. The van der Waals surface area contributed by atoms with Crippen molar-refractivity contribution in [1.29, 1.82) is 0 Å². The predicted molar refractivity (Wildman–Crippen MR) is 76.1 cm³/mol. The molecule has 0 bridgehead atoms. The number of rotatable bonds is 5. The van der Waals surface area contributed by atoms with Gasteiger partial charge in [-0.1, -0.05) is 0 Å². The molecule has 2 heterocycles. The predicted octanol–water partition coefficient (Wildman–Crippen LogP) is 1.52. The zero-order valence-electron chi connectivity index (χ0n) is 11.1. The molecule has 0 spiro atoms. The van der Waals surface area contributed by atoms with Crippen LogP contribution in [0.3, 0.4) is 0 Å². The normalized spacial score (nSPS) is 11.0. The number of non-ortho nitro benzene ring substituents is 1. The van der Waals surface area contributed by atoms with Crippen molar-refractivity contribution < 1.29 is 4.92 Å². The van der Waals surface area contributed by atoms with Crippen LogP contribution in [0.15, 0.2) is 41.7 Å². The topological polar surface area (TPSA) is 98.8 Å². The summed E-state index contributed by atoms with van der Waals surface area (Å²) in [6, 6.07) is 4.38. The summed E-state index contributed by atoms with van der Waals surface area (Å²) < 4.78 is 3.53. The first-order chi connectivity index (χ1) is 10.1. The van der Waals surface area contributed by atoms with E-state index in [0.717, 1.165) is 13.0 Å². The zero-order chi connectivity index (χ0) is 14.8. The van der Waals surface area contributed by atoms with Crippen LogP contribution in [0.4, 0.5) is 5.69 Å². The first kappa shape index (κ1) is 13.1. The molecule has 0 aliphatic rings. The molecule has 8 nitrogen and oxygen atoms in total. The highest BCUT2D eigenvalue weighted by Crippen LogP contribution is 2.18. The van der Waals surface area contributed by atoms with E-state index in [9.17, 15) is 14.9 Å². The number of nitrogens with one attached hydrogen (secondary N) is 1. The van der Waals surface area contributed by atoms with E-state index >= 15 is 0 Å². The SMILES string of the molecule is O=c1[nH]c2cc([N+](=O)[O-])ccc2n1CCCn1ccnc1. The van der Waals surface area contributed by atoms with Crippen LogP contribution in [0.1, 0.15) is 6.42 Å². The van der Waals surface area contributed by atoms with Crippen LogP contribution in [0.25, 0.3) is 11.0 Å². The van der Waals surface area contributed by atoms with Crippen molar-refractivity contribution in [3.05, 3.63) is 57.5 Å². The molecule has 0 atom stereocenters. The molecular formula is C13H13N5O3. The summed E-state index contributed by atoms with van der Waals surface area (Å²) in [5, 5.41) is 10.7. The molecule has 0 aliphatic carbocycles. The fraction of sp³-hybridized carbons (Fsp3) is 0.231. The van der Waals surface area contributed by atoms with Crippen molar-refractivity contribution in [1.82, 2.24) is 19.1 Å². The maximum absolute atomic E-state index is 11.9. The van der Waals surface area contributed by atoms with E-state index in [1.165, 1.54) is 12.1 Å². The third kappa shape index (κ3) is 2.55. The van der Waals surface area contributed by atoms with Gasteiger partial charge < -0.3 is 9.55 Å². The molecule has 0 unspecified atom stereocenters. The van der Waals surface area contributed by atoms with Gasteiger partial charge in [-0.15, -0.1) is 0 Å². The molecule has 0 saturated carbocycles. The lowest BCUT2D eigenvalue weighted by Gasteiger charge is -2.04. The molecular weight excluding hydrogens is 274 g/mol. The number of nitrogens with zero attached hydrogens (tertiary/aromatic N) is 4. The van der Waals surface area contributed by atoms with Crippen LogP contribution in [-0.4, -0.2) is 24.0 Å². The van der Waals surface area contributed by atoms with Crippen LogP contribution in [-0.2, 0) is 13.1 Å². The summed E-state index contributed by atoms with van der Waals surface area (Å²) in [5.41, 5.74) is 0.874. The van der Waals surface area contributed by atoms with Crippen molar-refractivity contribution in [2.45, 2.75) is 19.5 Å². The van der Waals surface area contributed by atoms with Crippen LogP contribution < -0.4 is 5.69 Å². The zero-order valence-corrected chi connectivity index (χ0v) is 11.1. The Labute approximate surface area is 118 Å². The van der Waals surface area contributed by atoms with Crippen molar-refractivity contribution in [3.8, 4) is 0 Å². The van der Waals surface area contributed by atoms with Gasteiger partial charge in [0.1, 0.15) is 0 Å². The summed E-state index contributed by atoms with van der Waals surface area (Å²) in [6.07, 6.45) is 6.06. The van der Waals surface area contributed by atoms with Crippen molar-refractivity contribution in [3.63, 3.8) is 0 Å². The number of nitro benzene ring substituents is 1. The Kier molecular flexibility index (Phi) is 3.27. The van der Waals surface area contributed by atoms with Gasteiger partial charge in [0.15, 0.2) is 0 Å². The van der Waals surface area contributed by atoms with Gasteiger partial charge in [-0.3, -0.25) is 14.7 Å². The molecule has 3 aromatic rings. The second-order valence-corrected chi connectivity index (χ2v) is 4.69. The van der Waals surface area contributed by atoms with Gasteiger partial charge in [-0.05, 0) is 12.5 Å². The van der Waals surface area contributed by atoms with Crippen LogP contribution in [0, 0.1) is 10.1 Å². The molecule has 1 aromatic carbocycles. The minimum Gasteiger partial charge on any atom is -0.337 e. The number of benzene rings is 1. The highest BCUT2D eigenvalue weighted by atomic mass is 16.6. The van der Waals surface area contributed by atoms with Gasteiger partial charge in [0.05, 0.1) is 22.3 Å².